The van der Waals surface area contributed by atoms with E-state index in [0.717, 1.165) is 12.8 Å². The molecule has 1 fully saturated rings. The van der Waals surface area contributed by atoms with Crippen LogP contribution in [0.25, 0.3) is 0 Å². The molecule has 140 valence electrons. The summed E-state index contributed by atoms with van der Waals surface area (Å²) in [6.07, 6.45) is 3.06. The number of hydrogen-bond donors (Lipinski definition) is 0. The van der Waals surface area contributed by atoms with E-state index >= 15 is 0 Å². The maximum absolute atomic E-state index is 12.0. The molecule has 7 nitrogen and oxygen atoms in total. The molecule has 1 aliphatic rings. The zero-order chi connectivity index (χ0) is 18.6. The summed E-state index contributed by atoms with van der Waals surface area (Å²) >= 11 is 0. The van der Waals surface area contributed by atoms with E-state index in [1.54, 1.807) is 19.1 Å². The van der Waals surface area contributed by atoms with E-state index in [1.807, 2.05) is 18.7 Å². The Morgan fingerprint density at radius 3 is 2.48 bits per heavy atom. The van der Waals surface area contributed by atoms with Crippen molar-refractivity contribution in [2.45, 2.75) is 39.7 Å². The van der Waals surface area contributed by atoms with Crippen LogP contribution < -0.4 is 9.04 Å². The van der Waals surface area contributed by atoms with E-state index in [0.29, 0.717) is 24.7 Å². The van der Waals surface area contributed by atoms with Crippen molar-refractivity contribution < 1.29 is 17.9 Å². The Morgan fingerprint density at radius 1 is 1.36 bits per heavy atom. The van der Waals surface area contributed by atoms with Gasteiger partial charge in [-0.3, -0.25) is 9.10 Å². The largest absolute Gasteiger partial charge is 0.474 e. The van der Waals surface area contributed by atoms with E-state index in [2.05, 4.69) is 4.98 Å². The zero-order valence-corrected chi connectivity index (χ0v) is 16.1. The monoisotopic (exact) mass is 369 g/mol. The van der Waals surface area contributed by atoms with Crippen molar-refractivity contribution in [1.82, 2.24) is 9.88 Å². The van der Waals surface area contributed by atoms with Crippen LogP contribution in [-0.4, -0.2) is 56.2 Å². The van der Waals surface area contributed by atoms with Gasteiger partial charge in [-0.05, 0) is 13.0 Å². The fraction of sp³-hybridized carbons (Fsp3) is 0.647. The quantitative estimate of drug-likeness (QED) is 0.765. The lowest BCUT2D eigenvalue weighted by Crippen LogP contribution is -2.43. The number of likely N-dealkylation sites (tertiary alicyclic amines) is 1. The van der Waals surface area contributed by atoms with Crippen LogP contribution in [0.4, 0.5) is 5.69 Å². The van der Waals surface area contributed by atoms with Gasteiger partial charge < -0.3 is 9.64 Å². The Kier molecular flexibility index (Phi) is 6.26. The topological polar surface area (TPSA) is 79.8 Å². The van der Waals surface area contributed by atoms with Gasteiger partial charge >= 0.3 is 0 Å². The van der Waals surface area contributed by atoms with Gasteiger partial charge in [0.15, 0.2) is 0 Å². The SMILES string of the molecule is CCS(=O)(=O)N(C)c1ccc(OC2CCN(C(=O)C(C)C)CC2)nc1. The van der Waals surface area contributed by atoms with Gasteiger partial charge in [0.25, 0.3) is 0 Å². The van der Waals surface area contributed by atoms with Gasteiger partial charge in [-0.2, -0.15) is 0 Å². The minimum absolute atomic E-state index is 0.0167. The number of anilines is 1. The van der Waals surface area contributed by atoms with Gasteiger partial charge in [0.2, 0.25) is 21.8 Å². The van der Waals surface area contributed by atoms with Crippen molar-refractivity contribution in [3.05, 3.63) is 18.3 Å². The molecule has 0 saturated carbocycles. The van der Waals surface area contributed by atoms with Gasteiger partial charge in [-0.15, -0.1) is 0 Å². The summed E-state index contributed by atoms with van der Waals surface area (Å²) in [6.45, 7) is 6.81. The predicted molar refractivity (Wildman–Crippen MR) is 97.2 cm³/mol. The third kappa shape index (κ3) is 4.84. The lowest BCUT2D eigenvalue weighted by molar-refractivity contribution is -0.136. The summed E-state index contributed by atoms with van der Waals surface area (Å²) in [7, 11) is -1.79. The van der Waals surface area contributed by atoms with Crippen LogP contribution in [0, 0.1) is 5.92 Å². The smallest absolute Gasteiger partial charge is 0.234 e. The van der Waals surface area contributed by atoms with E-state index in [-0.39, 0.29) is 23.7 Å². The van der Waals surface area contributed by atoms with Gasteiger partial charge in [-0.1, -0.05) is 13.8 Å². The molecule has 0 N–H and O–H groups in total. The van der Waals surface area contributed by atoms with Crippen LogP contribution >= 0.6 is 0 Å². The number of amides is 1. The molecule has 0 unspecified atom stereocenters. The van der Waals surface area contributed by atoms with Crippen LogP contribution in [0.5, 0.6) is 5.88 Å². The van der Waals surface area contributed by atoms with E-state index in [9.17, 15) is 13.2 Å². The van der Waals surface area contributed by atoms with E-state index in [4.69, 9.17) is 4.74 Å². The Hall–Kier alpha value is -1.83. The standard InChI is InChI=1S/C17H27N3O4S/c1-5-25(22,23)19(4)14-6-7-16(18-12-14)24-15-8-10-20(11-9-15)17(21)13(2)3/h6-7,12-13,15H,5,8-11H2,1-4H3. The first-order valence-electron chi connectivity index (χ1n) is 8.62. The number of carbonyl (C=O) groups is 1. The number of carbonyl (C=O) groups excluding carboxylic acids is 1. The molecule has 1 aliphatic heterocycles. The molecular formula is C17H27N3O4S. The Balaban J connectivity index is 1.91. The van der Waals surface area contributed by atoms with Crippen molar-refractivity contribution >= 4 is 21.6 Å². The van der Waals surface area contributed by atoms with Crippen molar-refractivity contribution in [2.75, 3.05) is 30.2 Å². The van der Waals surface area contributed by atoms with Gasteiger partial charge in [0, 0.05) is 45.0 Å². The van der Waals surface area contributed by atoms with Crippen molar-refractivity contribution in [2.24, 2.45) is 5.92 Å². The molecule has 1 amide bonds. The van der Waals surface area contributed by atoms with Crippen molar-refractivity contribution in [3.63, 3.8) is 0 Å². The Morgan fingerprint density at radius 2 is 2.00 bits per heavy atom. The number of rotatable bonds is 6. The Labute approximate surface area is 150 Å². The van der Waals surface area contributed by atoms with Crippen LogP contribution in [0.3, 0.4) is 0 Å². The number of nitrogens with zero attached hydrogens (tertiary/aromatic N) is 3. The highest BCUT2D eigenvalue weighted by atomic mass is 32.2. The first kappa shape index (κ1) is 19.5. The van der Waals surface area contributed by atoms with Crippen LogP contribution in [0.2, 0.25) is 0 Å². The Bertz CT molecular complexity index is 680. The van der Waals surface area contributed by atoms with Gasteiger partial charge in [-0.25, -0.2) is 13.4 Å². The average molecular weight is 369 g/mol. The second-order valence-electron chi connectivity index (χ2n) is 6.52. The number of pyridine rings is 1. The molecule has 1 aromatic heterocycles. The molecule has 0 spiro atoms. The predicted octanol–water partition coefficient (Wildman–Crippen LogP) is 1.89. The molecule has 0 radical (unpaired) electrons. The molecule has 0 atom stereocenters. The molecular weight excluding hydrogens is 342 g/mol. The molecule has 2 heterocycles. The molecule has 0 bridgehead atoms. The number of hydrogen-bond acceptors (Lipinski definition) is 5. The lowest BCUT2D eigenvalue weighted by atomic mass is 10.1. The molecule has 0 aromatic carbocycles. The third-order valence-corrected chi connectivity index (χ3v) is 6.18. The number of piperidine rings is 1. The molecule has 1 saturated heterocycles. The van der Waals surface area contributed by atoms with Crippen LogP contribution in [0.15, 0.2) is 18.3 Å². The summed E-state index contributed by atoms with van der Waals surface area (Å²) < 4.78 is 30.8. The summed E-state index contributed by atoms with van der Waals surface area (Å²) in [4.78, 5) is 18.1. The minimum Gasteiger partial charge on any atom is -0.474 e. The van der Waals surface area contributed by atoms with Gasteiger partial charge in [0.1, 0.15) is 6.10 Å². The highest BCUT2D eigenvalue weighted by Crippen LogP contribution is 2.21. The molecule has 0 aliphatic carbocycles. The normalized spacial score (nSPS) is 16.1. The first-order valence-corrected chi connectivity index (χ1v) is 10.2. The van der Waals surface area contributed by atoms with Crippen molar-refractivity contribution in [1.29, 1.82) is 0 Å². The average Bonchev–Trinajstić information content (AvgIpc) is 2.61. The summed E-state index contributed by atoms with van der Waals surface area (Å²) in [5.41, 5.74) is 0.506. The highest BCUT2D eigenvalue weighted by molar-refractivity contribution is 7.92. The van der Waals surface area contributed by atoms with Crippen LogP contribution in [-0.2, 0) is 14.8 Å². The lowest BCUT2D eigenvalue weighted by Gasteiger charge is -2.33. The fourth-order valence-electron chi connectivity index (χ4n) is 2.71. The van der Waals surface area contributed by atoms with Gasteiger partial charge in [0.05, 0.1) is 17.6 Å². The molecule has 2 rings (SSSR count). The van der Waals surface area contributed by atoms with Crippen LogP contribution in [0.1, 0.15) is 33.6 Å². The second kappa shape index (κ2) is 8.03. The summed E-state index contributed by atoms with van der Waals surface area (Å²) in [6, 6.07) is 3.37. The zero-order valence-electron chi connectivity index (χ0n) is 15.3. The molecule has 8 heteroatoms. The fourth-order valence-corrected chi connectivity index (χ4v) is 3.53. The number of ether oxygens (including phenoxy) is 1. The summed E-state index contributed by atoms with van der Waals surface area (Å²) in [5, 5.41) is 0. The minimum atomic E-state index is -3.30. The van der Waals surface area contributed by atoms with Crippen molar-refractivity contribution in [3.8, 4) is 5.88 Å². The number of sulfonamides is 1. The van der Waals surface area contributed by atoms with E-state index in [1.165, 1.54) is 17.5 Å². The maximum atomic E-state index is 12.0. The second-order valence-corrected chi connectivity index (χ2v) is 8.81. The number of aromatic nitrogens is 1. The summed E-state index contributed by atoms with van der Waals surface area (Å²) in [5.74, 6) is 0.707. The molecule has 1 aromatic rings. The first-order chi connectivity index (χ1) is 11.7. The third-order valence-electron chi connectivity index (χ3n) is 4.40. The maximum Gasteiger partial charge on any atom is 0.234 e. The van der Waals surface area contributed by atoms with E-state index < -0.39 is 10.0 Å². The molecule has 25 heavy (non-hydrogen) atoms. The highest BCUT2D eigenvalue weighted by Gasteiger charge is 2.25.